The third-order valence-corrected chi connectivity index (χ3v) is 3.24. The largest absolute Gasteiger partial charge is 0.315 e. The van der Waals surface area contributed by atoms with E-state index in [2.05, 4.69) is 33.0 Å². The van der Waals surface area contributed by atoms with Gasteiger partial charge in [0, 0.05) is 18.9 Å². The van der Waals surface area contributed by atoms with Gasteiger partial charge in [0.05, 0.1) is 0 Å². The van der Waals surface area contributed by atoms with Gasteiger partial charge in [-0.15, -0.1) is 0 Å². The zero-order valence-electron chi connectivity index (χ0n) is 12.2. The molecule has 2 heteroatoms. The number of rotatable bonds is 11. The van der Waals surface area contributed by atoms with E-state index in [4.69, 9.17) is 0 Å². The Kier molecular flexibility index (Phi) is 10.5. The van der Waals surface area contributed by atoms with Crippen LogP contribution in [0.4, 0.5) is 0 Å². The van der Waals surface area contributed by atoms with Gasteiger partial charge in [0.15, 0.2) is 0 Å². The van der Waals surface area contributed by atoms with E-state index in [0.29, 0.717) is 17.7 Å². The zero-order valence-corrected chi connectivity index (χ0v) is 12.2. The molecule has 0 aliphatic rings. The van der Waals surface area contributed by atoms with E-state index in [0.717, 1.165) is 32.2 Å². The molecular formula is C15H31NO. The summed E-state index contributed by atoms with van der Waals surface area (Å²) in [6.45, 7) is 9.66. The number of hydrogen-bond donors (Lipinski definition) is 1. The van der Waals surface area contributed by atoms with Crippen molar-refractivity contribution in [2.24, 2.45) is 5.92 Å². The number of Topliss-reactive ketones (excluding diaryl/α,β-unsaturated/α-hetero) is 1. The molecule has 0 aromatic carbocycles. The molecule has 0 aromatic rings. The highest BCUT2D eigenvalue weighted by Crippen LogP contribution is 2.17. The van der Waals surface area contributed by atoms with E-state index in [1.807, 2.05) is 0 Å². The van der Waals surface area contributed by atoms with Crippen LogP contribution in [0.3, 0.4) is 0 Å². The summed E-state index contributed by atoms with van der Waals surface area (Å²) in [4.78, 5) is 11.8. The lowest BCUT2D eigenvalue weighted by atomic mass is 9.92. The van der Waals surface area contributed by atoms with Gasteiger partial charge in [0.25, 0.3) is 0 Å². The maximum absolute atomic E-state index is 11.8. The third-order valence-electron chi connectivity index (χ3n) is 3.24. The first-order valence-electron chi connectivity index (χ1n) is 7.35. The molecule has 0 aromatic heterocycles. The van der Waals surface area contributed by atoms with Crippen molar-refractivity contribution in [3.8, 4) is 0 Å². The lowest BCUT2D eigenvalue weighted by Gasteiger charge is -2.13. The maximum Gasteiger partial charge on any atom is 0.133 e. The molecule has 0 fully saturated rings. The minimum absolute atomic E-state index is 0.457. The molecule has 0 aliphatic carbocycles. The predicted octanol–water partition coefficient (Wildman–Crippen LogP) is 3.94. The van der Waals surface area contributed by atoms with Crippen LogP contribution >= 0.6 is 0 Å². The summed E-state index contributed by atoms with van der Waals surface area (Å²) in [5.74, 6) is 1.08. The number of carbonyl (C=O) groups is 1. The first-order chi connectivity index (χ1) is 8.10. The summed E-state index contributed by atoms with van der Waals surface area (Å²) in [7, 11) is 0. The molecule has 0 bridgehead atoms. The Morgan fingerprint density at radius 3 is 2.41 bits per heavy atom. The molecule has 102 valence electrons. The average molecular weight is 241 g/mol. The standard InChI is InChI=1S/C15H31NO/c1-5-7-9-14(6-2)12-15(17)10-8-11-16-13(3)4/h13-14,16H,5-12H2,1-4H3. The van der Waals surface area contributed by atoms with Gasteiger partial charge in [0.2, 0.25) is 0 Å². The Morgan fingerprint density at radius 2 is 1.88 bits per heavy atom. The van der Waals surface area contributed by atoms with E-state index in [1.54, 1.807) is 0 Å². The SMILES string of the molecule is CCCCC(CC)CC(=O)CCCNC(C)C. The number of unbranched alkanes of at least 4 members (excludes halogenated alkanes) is 1. The highest BCUT2D eigenvalue weighted by atomic mass is 16.1. The predicted molar refractivity (Wildman–Crippen MR) is 75.3 cm³/mol. The monoisotopic (exact) mass is 241 g/mol. The summed E-state index contributed by atoms with van der Waals surface area (Å²) in [5.41, 5.74) is 0. The Balaban J connectivity index is 3.60. The first kappa shape index (κ1) is 16.6. The van der Waals surface area contributed by atoms with Gasteiger partial charge in [-0.2, -0.15) is 0 Å². The van der Waals surface area contributed by atoms with Gasteiger partial charge in [-0.1, -0.05) is 53.4 Å². The Labute approximate surface area is 108 Å². The number of ketones is 1. The fourth-order valence-electron chi connectivity index (χ4n) is 2.04. The molecule has 0 rings (SSSR count). The van der Waals surface area contributed by atoms with E-state index in [1.165, 1.54) is 19.3 Å². The van der Waals surface area contributed by atoms with Crippen molar-refractivity contribution in [1.82, 2.24) is 5.32 Å². The highest BCUT2D eigenvalue weighted by molar-refractivity contribution is 5.78. The molecular weight excluding hydrogens is 210 g/mol. The van der Waals surface area contributed by atoms with Gasteiger partial charge >= 0.3 is 0 Å². The van der Waals surface area contributed by atoms with Gasteiger partial charge in [-0.25, -0.2) is 0 Å². The topological polar surface area (TPSA) is 29.1 Å². The molecule has 1 atom stereocenters. The van der Waals surface area contributed by atoms with E-state index >= 15 is 0 Å². The highest BCUT2D eigenvalue weighted by Gasteiger charge is 2.11. The van der Waals surface area contributed by atoms with Crippen LogP contribution in [-0.2, 0) is 4.79 Å². The fourth-order valence-corrected chi connectivity index (χ4v) is 2.04. The molecule has 0 spiro atoms. The molecule has 0 aliphatic heterocycles. The molecule has 1 N–H and O–H groups in total. The molecule has 0 amide bonds. The van der Waals surface area contributed by atoms with Gasteiger partial charge in [0.1, 0.15) is 5.78 Å². The van der Waals surface area contributed by atoms with Crippen molar-refractivity contribution in [2.75, 3.05) is 6.54 Å². The van der Waals surface area contributed by atoms with Crippen molar-refractivity contribution >= 4 is 5.78 Å². The summed E-state index contributed by atoms with van der Waals surface area (Å²) in [6.07, 6.45) is 7.42. The lowest BCUT2D eigenvalue weighted by Crippen LogP contribution is -2.24. The quantitative estimate of drug-likeness (QED) is 0.555. The van der Waals surface area contributed by atoms with E-state index < -0.39 is 0 Å². The van der Waals surface area contributed by atoms with Crippen LogP contribution in [0, 0.1) is 5.92 Å². The molecule has 2 nitrogen and oxygen atoms in total. The van der Waals surface area contributed by atoms with Crippen LogP contribution < -0.4 is 5.32 Å². The van der Waals surface area contributed by atoms with Crippen LogP contribution in [0.2, 0.25) is 0 Å². The van der Waals surface area contributed by atoms with Crippen molar-refractivity contribution < 1.29 is 4.79 Å². The number of hydrogen-bond acceptors (Lipinski definition) is 2. The second-order valence-electron chi connectivity index (χ2n) is 5.37. The van der Waals surface area contributed by atoms with Crippen LogP contribution in [0.25, 0.3) is 0 Å². The van der Waals surface area contributed by atoms with E-state index in [-0.39, 0.29) is 0 Å². The van der Waals surface area contributed by atoms with Crippen LogP contribution in [0.15, 0.2) is 0 Å². The van der Waals surface area contributed by atoms with Crippen LogP contribution in [0.1, 0.15) is 72.6 Å². The third kappa shape index (κ3) is 10.5. The second-order valence-corrected chi connectivity index (χ2v) is 5.37. The van der Waals surface area contributed by atoms with Crippen molar-refractivity contribution in [3.05, 3.63) is 0 Å². The Hall–Kier alpha value is -0.370. The summed E-state index contributed by atoms with van der Waals surface area (Å²) in [6, 6.07) is 0.526. The summed E-state index contributed by atoms with van der Waals surface area (Å²) < 4.78 is 0. The lowest BCUT2D eigenvalue weighted by molar-refractivity contribution is -0.120. The molecule has 0 saturated heterocycles. The maximum atomic E-state index is 11.8. The summed E-state index contributed by atoms with van der Waals surface area (Å²) in [5, 5.41) is 3.35. The van der Waals surface area contributed by atoms with Gasteiger partial charge in [-0.05, 0) is 18.9 Å². The average Bonchev–Trinajstić information content (AvgIpc) is 2.29. The van der Waals surface area contributed by atoms with Gasteiger partial charge < -0.3 is 5.32 Å². The van der Waals surface area contributed by atoms with Crippen LogP contribution in [0.5, 0.6) is 0 Å². The van der Waals surface area contributed by atoms with Crippen molar-refractivity contribution in [2.45, 2.75) is 78.7 Å². The minimum Gasteiger partial charge on any atom is -0.315 e. The molecule has 0 radical (unpaired) electrons. The summed E-state index contributed by atoms with van der Waals surface area (Å²) >= 11 is 0. The first-order valence-corrected chi connectivity index (χ1v) is 7.35. The minimum atomic E-state index is 0.457. The Bertz CT molecular complexity index is 189. The number of nitrogens with one attached hydrogen (secondary N) is 1. The molecule has 0 heterocycles. The molecule has 17 heavy (non-hydrogen) atoms. The fraction of sp³-hybridized carbons (Fsp3) is 0.933. The smallest absolute Gasteiger partial charge is 0.133 e. The van der Waals surface area contributed by atoms with Crippen LogP contribution in [-0.4, -0.2) is 18.4 Å². The van der Waals surface area contributed by atoms with E-state index in [9.17, 15) is 4.79 Å². The molecule has 0 saturated carbocycles. The second kappa shape index (κ2) is 10.8. The van der Waals surface area contributed by atoms with Crippen molar-refractivity contribution in [3.63, 3.8) is 0 Å². The normalized spacial score (nSPS) is 13.0. The van der Waals surface area contributed by atoms with Crippen molar-refractivity contribution in [1.29, 1.82) is 0 Å². The number of carbonyl (C=O) groups excluding carboxylic acids is 1. The van der Waals surface area contributed by atoms with Gasteiger partial charge in [-0.3, -0.25) is 4.79 Å². The molecule has 1 unspecified atom stereocenters. The zero-order chi connectivity index (χ0) is 13.1. The Morgan fingerprint density at radius 1 is 1.18 bits per heavy atom.